The smallest absolute Gasteiger partial charge is 0.0547 e. The normalized spacial score (nSPS) is 11.8. The third-order valence-corrected chi connectivity index (χ3v) is 13.0. The molecule has 0 saturated heterocycles. The molecule has 13 rings (SSSR count). The average molecular weight is 746 g/mol. The first-order chi connectivity index (χ1) is 28.2. The predicted octanol–water partition coefficient (Wildman–Crippen LogP) is 16.6. The van der Waals surface area contributed by atoms with Crippen LogP contribution in [0.3, 0.4) is 0 Å². The Bertz CT molecular complexity index is 3430. The Morgan fingerprint density at radius 1 is 0.421 bits per heavy atom. The Morgan fingerprint density at radius 3 is 1.74 bits per heavy atom. The summed E-state index contributed by atoms with van der Waals surface area (Å²) in [5.41, 5.74) is 16.9. The van der Waals surface area contributed by atoms with E-state index in [4.69, 9.17) is 0 Å². The summed E-state index contributed by atoms with van der Waals surface area (Å²) in [5.74, 6) is 0. The van der Waals surface area contributed by atoms with Gasteiger partial charge in [-0.25, -0.2) is 0 Å². The zero-order valence-electron chi connectivity index (χ0n) is 32.2. The molecule has 0 radical (unpaired) electrons. The first-order valence-electron chi connectivity index (χ1n) is 20.0. The lowest BCUT2D eigenvalue weighted by Gasteiger charge is -2.11. The van der Waals surface area contributed by atoms with Crippen molar-refractivity contribution in [3.8, 4) is 61.3 Å². The monoisotopic (exact) mass is 745 g/mol. The van der Waals surface area contributed by atoms with E-state index in [1.165, 1.54) is 125 Å². The summed E-state index contributed by atoms with van der Waals surface area (Å²) in [4.78, 5) is 0. The lowest BCUT2D eigenvalue weighted by atomic mass is 9.93. The first kappa shape index (κ1) is 33.6. The van der Waals surface area contributed by atoms with Crippen molar-refractivity contribution in [2.45, 2.75) is 20.8 Å². The SMILES string of the molecule is C=CC.CC.c1ccc2c(c1)-c1cccc3c(-c4ccc5sc6ccc(-n7c8ccccc8c8cc9c(cc87)-c7cccc8cccc-9c78)cc6c5c4)ccc-2c13. The molecule has 2 aromatic heterocycles. The minimum absolute atomic E-state index is 1.19. The Balaban J connectivity index is 0.000000718. The standard InChI is InChI=1S/C50H27NS.C3H6.C2H6/c1-2-11-33-32(10-1)36-16-7-15-35-31(20-21-39(33)50(35)36)29-18-22-47-43(24-29)44-25-30(19-23-48(44)52-47)51-45-17-4-3-12-34(45)42-26-40-37-13-5-8-28-9-6-14-38(49(28)37)41(40)27-46(42)51;1-3-2;1-2/h1-27H;3H,1H2,2H3;1-2H3. The molecular weight excluding hydrogens is 707 g/mol. The van der Waals surface area contributed by atoms with Crippen molar-refractivity contribution in [3.63, 3.8) is 0 Å². The van der Waals surface area contributed by atoms with Crippen LogP contribution in [0.5, 0.6) is 0 Å². The van der Waals surface area contributed by atoms with Crippen LogP contribution in [0.1, 0.15) is 20.8 Å². The highest BCUT2D eigenvalue weighted by molar-refractivity contribution is 7.25. The Morgan fingerprint density at radius 2 is 0.982 bits per heavy atom. The van der Waals surface area contributed by atoms with Gasteiger partial charge in [-0.15, -0.1) is 17.9 Å². The highest BCUT2D eigenvalue weighted by Gasteiger charge is 2.25. The lowest BCUT2D eigenvalue weighted by Crippen LogP contribution is -1.93. The topological polar surface area (TPSA) is 4.93 Å². The molecule has 2 aliphatic rings. The number of para-hydroxylation sites is 1. The fourth-order valence-electron chi connectivity index (χ4n) is 9.66. The van der Waals surface area contributed by atoms with Crippen LogP contribution in [0, 0.1) is 0 Å². The maximum Gasteiger partial charge on any atom is 0.0547 e. The van der Waals surface area contributed by atoms with Crippen LogP contribution in [0.25, 0.3) is 125 Å². The van der Waals surface area contributed by atoms with Gasteiger partial charge in [-0.1, -0.05) is 135 Å². The minimum Gasteiger partial charge on any atom is -0.309 e. The van der Waals surface area contributed by atoms with Gasteiger partial charge in [0.25, 0.3) is 0 Å². The number of benzene rings is 9. The van der Waals surface area contributed by atoms with Crippen LogP contribution in [0.2, 0.25) is 0 Å². The number of hydrogen-bond donors (Lipinski definition) is 0. The molecule has 0 N–H and O–H groups in total. The number of thiophene rings is 1. The van der Waals surface area contributed by atoms with E-state index in [2.05, 4.69) is 175 Å². The van der Waals surface area contributed by atoms with Crippen molar-refractivity contribution in [1.82, 2.24) is 4.57 Å². The third-order valence-electron chi connectivity index (χ3n) is 11.9. The zero-order chi connectivity index (χ0) is 38.4. The molecule has 2 aliphatic carbocycles. The number of fused-ring (bicyclic) bond motifs is 12. The molecule has 0 amide bonds. The molecule has 2 heteroatoms. The van der Waals surface area contributed by atoms with Gasteiger partial charge in [-0.3, -0.25) is 0 Å². The molecule has 0 atom stereocenters. The molecule has 0 saturated carbocycles. The predicted molar refractivity (Wildman–Crippen MR) is 250 cm³/mol. The first-order valence-corrected chi connectivity index (χ1v) is 20.8. The van der Waals surface area contributed by atoms with E-state index in [-0.39, 0.29) is 0 Å². The van der Waals surface area contributed by atoms with E-state index >= 15 is 0 Å². The van der Waals surface area contributed by atoms with E-state index in [1.807, 2.05) is 32.1 Å². The van der Waals surface area contributed by atoms with Crippen LogP contribution in [-0.2, 0) is 0 Å². The number of nitrogens with zero attached hydrogens (tertiary/aromatic N) is 1. The molecule has 57 heavy (non-hydrogen) atoms. The van der Waals surface area contributed by atoms with Crippen LogP contribution in [-0.4, -0.2) is 4.57 Å². The fraction of sp³-hybridized carbons (Fsp3) is 0.0545. The molecule has 0 fully saturated rings. The van der Waals surface area contributed by atoms with Gasteiger partial charge < -0.3 is 4.57 Å². The van der Waals surface area contributed by atoms with Crippen molar-refractivity contribution in [2.75, 3.05) is 0 Å². The molecule has 1 nitrogen and oxygen atoms in total. The van der Waals surface area contributed by atoms with Gasteiger partial charge in [0.15, 0.2) is 0 Å². The maximum absolute atomic E-state index is 3.36. The van der Waals surface area contributed by atoms with Gasteiger partial charge in [-0.05, 0) is 133 Å². The van der Waals surface area contributed by atoms with Crippen LogP contribution < -0.4 is 0 Å². The molecule has 0 unspecified atom stereocenters. The van der Waals surface area contributed by atoms with Crippen LogP contribution in [0.4, 0.5) is 0 Å². The molecule has 0 aliphatic heterocycles. The molecule has 0 spiro atoms. The van der Waals surface area contributed by atoms with Gasteiger partial charge in [0.2, 0.25) is 0 Å². The largest absolute Gasteiger partial charge is 0.309 e. The molecule has 0 bridgehead atoms. The second-order valence-corrected chi connectivity index (χ2v) is 15.9. The lowest BCUT2D eigenvalue weighted by molar-refractivity contribution is 1.19. The Kier molecular flexibility index (Phi) is 7.61. The van der Waals surface area contributed by atoms with Crippen molar-refractivity contribution in [2.24, 2.45) is 0 Å². The summed E-state index contributed by atoms with van der Waals surface area (Å²) < 4.78 is 5.12. The third kappa shape index (κ3) is 4.75. The molecule has 9 aromatic carbocycles. The van der Waals surface area contributed by atoms with E-state index in [1.54, 1.807) is 6.08 Å². The van der Waals surface area contributed by atoms with Crippen molar-refractivity contribution in [3.05, 3.63) is 176 Å². The molecular formula is C55H39NS. The van der Waals surface area contributed by atoms with Gasteiger partial charge in [0, 0.05) is 36.6 Å². The summed E-state index contributed by atoms with van der Waals surface area (Å²) in [6, 6.07) is 61.7. The van der Waals surface area contributed by atoms with E-state index in [0.717, 1.165) is 0 Å². The molecule has 270 valence electrons. The highest BCUT2D eigenvalue weighted by Crippen LogP contribution is 2.51. The maximum atomic E-state index is 3.36. The van der Waals surface area contributed by atoms with E-state index in [9.17, 15) is 0 Å². The van der Waals surface area contributed by atoms with Crippen LogP contribution in [0.15, 0.2) is 176 Å². The second kappa shape index (κ2) is 12.9. The number of hydrogen-bond acceptors (Lipinski definition) is 1. The van der Waals surface area contributed by atoms with E-state index < -0.39 is 0 Å². The summed E-state index contributed by atoms with van der Waals surface area (Å²) in [6.07, 6.45) is 1.75. The Labute approximate surface area is 336 Å². The minimum atomic E-state index is 1.19. The Hall–Kier alpha value is -6.74. The molecule has 11 aromatic rings. The van der Waals surface area contributed by atoms with Crippen molar-refractivity contribution >= 4 is 74.9 Å². The second-order valence-electron chi connectivity index (χ2n) is 14.8. The summed E-state index contributed by atoms with van der Waals surface area (Å²) >= 11 is 1.89. The zero-order valence-corrected chi connectivity index (χ0v) is 33.0. The number of aromatic nitrogens is 1. The van der Waals surface area contributed by atoms with E-state index in [0.29, 0.717) is 0 Å². The fourth-order valence-corrected chi connectivity index (χ4v) is 10.7. The number of rotatable bonds is 2. The van der Waals surface area contributed by atoms with Crippen LogP contribution >= 0.6 is 11.3 Å². The summed E-state index contributed by atoms with van der Waals surface area (Å²) in [7, 11) is 0. The van der Waals surface area contributed by atoms with Gasteiger partial charge >= 0.3 is 0 Å². The van der Waals surface area contributed by atoms with Gasteiger partial charge in [0.1, 0.15) is 0 Å². The highest BCUT2D eigenvalue weighted by atomic mass is 32.1. The van der Waals surface area contributed by atoms with Crippen molar-refractivity contribution in [1.29, 1.82) is 0 Å². The van der Waals surface area contributed by atoms with Crippen molar-refractivity contribution < 1.29 is 0 Å². The number of allylic oxidation sites excluding steroid dienone is 1. The quantitative estimate of drug-likeness (QED) is 0.155. The van der Waals surface area contributed by atoms with Gasteiger partial charge in [0.05, 0.1) is 11.0 Å². The molecule has 2 heterocycles. The summed E-state index contributed by atoms with van der Waals surface area (Å²) in [6.45, 7) is 9.25. The van der Waals surface area contributed by atoms with Gasteiger partial charge in [-0.2, -0.15) is 0 Å². The summed E-state index contributed by atoms with van der Waals surface area (Å²) in [5, 5.41) is 10.6. The average Bonchev–Trinajstić information content (AvgIpc) is 3.99.